The Balaban J connectivity index is 1.58. The lowest BCUT2D eigenvalue weighted by atomic mass is 9.96. The van der Waals surface area contributed by atoms with Gasteiger partial charge in [-0.25, -0.2) is 5.43 Å². The fourth-order valence-electron chi connectivity index (χ4n) is 4.28. The molecule has 2 heterocycles. The van der Waals surface area contributed by atoms with Crippen molar-refractivity contribution in [3.8, 4) is 5.75 Å². The van der Waals surface area contributed by atoms with Crippen LogP contribution in [0.25, 0.3) is 0 Å². The minimum atomic E-state index is -0.177. The number of para-hydroxylation sites is 1. The van der Waals surface area contributed by atoms with Crippen LogP contribution in [0.3, 0.4) is 0 Å². The van der Waals surface area contributed by atoms with Gasteiger partial charge < -0.3 is 9.64 Å². The lowest BCUT2D eigenvalue weighted by Crippen LogP contribution is -2.47. The summed E-state index contributed by atoms with van der Waals surface area (Å²) in [6.07, 6.45) is 6.98. The molecule has 27 heavy (non-hydrogen) atoms. The van der Waals surface area contributed by atoms with Crippen LogP contribution < -0.4 is 15.6 Å². The van der Waals surface area contributed by atoms with E-state index in [9.17, 15) is 4.79 Å². The van der Waals surface area contributed by atoms with Crippen molar-refractivity contribution in [3.63, 3.8) is 0 Å². The van der Waals surface area contributed by atoms with E-state index in [1.807, 2.05) is 47.5 Å². The van der Waals surface area contributed by atoms with Crippen LogP contribution in [-0.2, 0) is 17.9 Å². The molecule has 1 aliphatic heterocycles. The first kappa shape index (κ1) is 17.9. The summed E-state index contributed by atoms with van der Waals surface area (Å²) in [6.45, 7) is 1.04. The van der Waals surface area contributed by atoms with Crippen molar-refractivity contribution in [2.24, 2.45) is 5.92 Å². The molecule has 2 fully saturated rings. The minimum absolute atomic E-state index is 0.131. The van der Waals surface area contributed by atoms with E-state index in [0.717, 1.165) is 29.7 Å². The third-order valence-electron chi connectivity index (χ3n) is 5.65. The first-order valence-electron chi connectivity index (χ1n) is 9.57. The summed E-state index contributed by atoms with van der Waals surface area (Å²) in [5, 5.41) is 0. The zero-order valence-electron chi connectivity index (χ0n) is 15.6. The molecule has 2 N–H and O–H groups in total. The Morgan fingerprint density at radius 1 is 1.19 bits per heavy atom. The maximum atomic E-state index is 13.5. The number of benzene rings is 1. The molecule has 6 heteroatoms. The number of fused-ring (bicyclic) bond motifs is 1. The number of nitrogens with one attached hydrogen (secondary N) is 2. The van der Waals surface area contributed by atoms with Gasteiger partial charge in [0.15, 0.2) is 0 Å². The summed E-state index contributed by atoms with van der Waals surface area (Å²) in [7, 11) is 1.66. The maximum absolute atomic E-state index is 13.5. The third-order valence-corrected chi connectivity index (χ3v) is 5.65. The highest BCUT2D eigenvalue weighted by atomic mass is 16.5. The average Bonchev–Trinajstić information content (AvgIpc) is 3.32. The zero-order chi connectivity index (χ0) is 18.6. The quantitative estimate of drug-likeness (QED) is 0.821. The van der Waals surface area contributed by atoms with E-state index in [-0.39, 0.29) is 11.9 Å². The standard InChI is InChI=1S/C21H26N4O2/c1-27-19-10-3-2-7-16(19)14-25(13-15-6-5-11-22-12-15)21(26)20-17-8-4-9-18(17)23-24-20/h2-3,5-7,10-12,17-18,20,23-24H,4,8-9,13-14H2,1H3. The van der Waals surface area contributed by atoms with Crippen molar-refractivity contribution >= 4 is 5.91 Å². The first-order valence-corrected chi connectivity index (χ1v) is 9.57. The number of carbonyl (C=O) groups is 1. The molecule has 1 aromatic heterocycles. The summed E-state index contributed by atoms with van der Waals surface area (Å²) in [6, 6.07) is 12.0. The van der Waals surface area contributed by atoms with Crippen molar-refractivity contribution in [2.75, 3.05) is 7.11 Å². The van der Waals surface area contributed by atoms with Gasteiger partial charge in [-0.15, -0.1) is 0 Å². The summed E-state index contributed by atoms with van der Waals surface area (Å²) >= 11 is 0. The van der Waals surface area contributed by atoms with Crippen LogP contribution in [0.2, 0.25) is 0 Å². The number of carbonyl (C=O) groups excluding carboxylic acids is 1. The maximum Gasteiger partial charge on any atom is 0.242 e. The van der Waals surface area contributed by atoms with Crippen LogP contribution in [0.1, 0.15) is 30.4 Å². The molecule has 1 aliphatic carbocycles. The van der Waals surface area contributed by atoms with Crippen LogP contribution >= 0.6 is 0 Å². The average molecular weight is 366 g/mol. The van der Waals surface area contributed by atoms with Crippen LogP contribution in [0, 0.1) is 5.92 Å². The molecule has 4 rings (SSSR count). The number of rotatable bonds is 6. The van der Waals surface area contributed by atoms with Crippen molar-refractivity contribution in [2.45, 2.75) is 44.4 Å². The van der Waals surface area contributed by atoms with Crippen LogP contribution in [-0.4, -0.2) is 35.0 Å². The second-order valence-corrected chi connectivity index (χ2v) is 7.34. The fraction of sp³-hybridized carbons (Fsp3) is 0.429. The number of hydrogen-bond donors (Lipinski definition) is 2. The molecular formula is C21H26N4O2. The molecule has 0 bridgehead atoms. The van der Waals surface area contributed by atoms with Gasteiger partial charge in [0.25, 0.3) is 0 Å². The Hall–Kier alpha value is -2.44. The fourth-order valence-corrected chi connectivity index (χ4v) is 4.28. The molecule has 1 aromatic carbocycles. The Morgan fingerprint density at radius 3 is 2.89 bits per heavy atom. The van der Waals surface area contributed by atoms with Crippen LogP contribution in [0.15, 0.2) is 48.8 Å². The molecule has 1 saturated carbocycles. The second-order valence-electron chi connectivity index (χ2n) is 7.34. The van der Waals surface area contributed by atoms with E-state index in [1.165, 1.54) is 6.42 Å². The van der Waals surface area contributed by atoms with Gasteiger partial charge in [-0.05, 0) is 30.5 Å². The largest absolute Gasteiger partial charge is 0.496 e. The Morgan fingerprint density at radius 2 is 2.07 bits per heavy atom. The molecule has 1 amide bonds. The second kappa shape index (κ2) is 8.06. The molecule has 142 valence electrons. The SMILES string of the molecule is COc1ccccc1CN(Cc1cccnc1)C(=O)C1NNC2CCCC21. The van der Waals surface area contributed by atoms with E-state index >= 15 is 0 Å². The predicted molar refractivity (Wildman–Crippen MR) is 103 cm³/mol. The number of nitrogens with zero attached hydrogens (tertiary/aromatic N) is 2. The molecule has 6 nitrogen and oxygen atoms in total. The normalized spacial score (nSPS) is 23.8. The number of pyridine rings is 1. The monoisotopic (exact) mass is 366 g/mol. The third kappa shape index (κ3) is 3.82. The highest BCUT2D eigenvalue weighted by molar-refractivity contribution is 5.82. The van der Waals surface area contributed by atoms with E-state index in [1.54, 1.807) is 13.3 Å². The summed E-state index contributed by atoms with van der Waals surface area (Å²) in [5.41, 5.74) is 8.60. The topological polar surface area (TPSA) is 66.5 Å². The van der Waals surface area contributed by atoms with Gasteiger partial charge in [0, 0.05) is 43.0 Å². The number of hydrogen-bond acceptors (Lipinski definition) is 5. The summed E-state index contributed by atoms with van der Waals surface area (Å²) in [4.78, 5) is 19.6. The van der Waals surface area contributed by atoms with Gasteiger partial charge in [-0.1, -0.05) is 30.7 Å². The highest BCUT2D eigenvalue weighted by Crippen LogP contribution is 2.33. The first-order chi connectivity index (χ1) is 13.3. The molecule has 1 saturated heterocycles. The van der Waals surface area contributed by atoms with Crippen molar-refractivity contribution in [3.05, 3.63) is 59.9 Å². The van der Waals surface area contributed by atoms with Crippen molar-refractivity contribution in [1.29, 1.82) is 0 Å². The van der Waals surface area contributed by atoms with Gasteiger partial charge in [-0.3, -0.25) is 15.2 Å². The molecular weight excluding hydrogens is 340 g/mol. The lowest BCUT2D eigenvalue weighted by molar-refractivity contribution is -0.135. The van der Waals surface area contributed by atoms with Crippen LogP contribution in [0.5, 0.6) is 5.75 Å². The molecule has 0 spiro atoms. The molecule has 3 unspecified atom stereocenters. The van der Waals surface area contributed by atoms with Gasteiger partial charge in [-0.2, -0.15) is 0 Å². The van der Waals surface area contributed by atoms with E-state index in [0.29, 0.717) is 25.0 Å². The Kier molecular flexibility index (Phi) is 5.36. The number of aromatic nitrogens is 1. The van der Waals surface area contributed by atoms with Crippen molar-refractivity contribution < 1.29 is 9.53 Å². The van der Waals surface area contributed by atoms with Crippen molar-refractivity contribution in [1.82, 2.24) is 20.7 Å². The van der Waals surface area contributed by atoms with E-state index < -0.39 is 0 Å². The van der Waals surface area contributed by atoms with Gasteiger partial charge in [0.05, 0.1) is 7.11 Å². The highest BCUT2D eigenvalue weighted by Gasteiger charge is 2.44. The molecule has 2 aliphatic rings. The molecule has 2 aromatic rings. The lowest BCUT2D eigenvalue weighted by Gasteiger charge is -2.28. The predicted octanol–water partition coefficient (Wildman–Crippen LogP) is 2.26. The molecule has 3 atom stereocenters. The Bertz CT molecular complexity index is 783. The van der Waals surface area contributed by atoms with Gasteiger partial charge in [0.2, 0.25) is 5.91 Å². The number of ether oxygens (including phenoxy) is 1. The minimum Gasteiger partial charge on any atom is -0.496 e. The smallest absolute Gasteiger partial charge is 0.242 e. The van der Waals surface area contributed by atoms with E-state index in [2.05, 4.69) is 15.8 Å². The number of amides is 1. The number of hydrazine groups is 1. The number of methoxy groups -OCH3 is 1. The summed E-state index contributed by atoms with van der Waals surface area (Å²) in [5.74, 6) is 1.30. The van der Waals surface area contributed by atoms with Crippen LogP contribution in [0.4, 0.5) is 0 Å². The zero-order valence-corrected chi connectivity index (χ0v) is 15.6. The van der Waals surface area contributed by atoms with Gasteiger partial charge in [0.1, 0.15) is 11.8 Å². The van der Waals surface area contributed by atoms with Gasteiger partial charge >= 0.3 is 0 Å². The summed E-state index contributed by atoms with van der Waals surface area (Å²) < 4.78 is 5.49. The van der Waals surface area contributed by atoms with E-state index in [4.69, 9.17) is 4.74 Å². The Labute approximate surface area is 159 Å². The molecule has 0 radical (unpaired) electrons.